The van der Waals surface area contributed by atoms with Crippen LogP contribution in [0.5, 0.6) is 5.75 Å². The van der Waals surface area contributed by atoms with E-state index in [-0.39, 0.29) is 0 Å². The molecule has 2 nitrogen and oxygen atoms in total. The minimum absolute atomic E-state index is 0.581. The topological polar surface area (TPSA) is 35.2 Å². The molecule has 1 rings (SSSR count). The number of hydrogen-bond donors (Lipinski definition) is 1. The van der Waals surface area contributed by atoms with Gasteiger partial charge in [0, 0.05) is 6.42 Å². The number of hydrogen-bond acceptors (Lipinski definition) is 2. The second-order valence-corrected chi connectivity index (χ2v) is 5.26. The molecule has 0 spiro atoms. The van der Waals surface area contributed by atoms with E-state index in [2.05, 4.69) is 33.8 Å². The van der Waals surface area contributed by atoms with Gasteiger partial charge in [-0.25, -0.2) is 0 Å². The molecule has 0 amide bonds. The van der Waals surface area contributed by atoms with Gasteiger partial charge < -0.3 is 10.5 Å². The average molecular weight is 265 g/mol. The molecule has 2 N–H and O–H groups in total. The molecule has 0 aliphatic carbocycles. The van der Waals surface area contributed by atoms with E-state index in [1.165, 1.54) is 22.3 Å². The van der Waals surface area contributed by atoms with Crippen LogP contribution in [-0.4, -0.2) is 11.6 Å². The molecule has 1 aromatic rings. The fourth-order valence-electron chi connectivity index (χ4n) is 2.09. The molecule has 0 saturated carbocycles. The maximum atomic E-state index is 5.78. The molecule has 3 heteroatoms. The molecule has 0 saturated heterocycles. The predicted molar refractivity (Wildman–Crippen MR) is 81.5 cm³/mol. The summed E-state index contributed by atoms with van der Waals surface area (Å²) in [5, 5.41) is 0. The summed E-state index contributed by atoms with van der Waals surface area (Å²) < 4.78 is 5.78. The van der Waals surface area contributed by atoms with Crippen LogP contribution in [0.2, 0.25) is 0 Å². The maximum Gasteiger partial charge on any atom is 0.122 e. The van der Waals surface area contributed by atoms with Gasteiger partial charge in [0.1, 0.15) is 5.75 Å². The van der Waals surface area contributed by atoms with Crippen LogP contribution >= 0.6 is 12.2 Å². The number of benzene rings is 1. The van der Waals surface area contributed by atoms with Gasteiger partial charge in [0.15, 0.2) is 0 Å². The first-order valence-corrected chi connectivity index (χ1v) is 6.89. The van der Waals surface area contributed by atoms with Crippen LogP contribution in [0.3, 0.4) is 0 Å². The first kappa shape index (κ1) is 15.0. The highest BCUT2D eigenvalue weighted by Crippen LogP contribution is 2.28. The SMILES string of the molecule is CCCOc1cc(C)c(CCC(N)=S)c(C)c1C. The maximum absolute atomic E-state index is 5.78. The molecule has 0 aliphatic rings. The van der Waals surface area contributed by atoms with Crippen molar-refractivity contribution in [2.75, 3.05) is 6.61 Å². The molecule has 18 heavy (non-hydrogen) atoms. The van der Waals surface area contributed by atoms with Crippen molar-refractivity contribution in [2.24, 2.45) is 5.73 Å². The van der Waals surface area contributed by atoms with Gasteiger partial charge in [0.05, 0.1) is 11.6 Å². The number of nitrogens with two attached hydrogens (primary N) is 1. The van der Waals surface area contributed by atoms with Gasteiger partial charge in [-0.15, -0.1) is 0 Å². The Morgan fingerprint density at radius 2 is 1.94 bits per heavy atom. The molecule has 0 aromatic heterocycles. The Labute approximate surface area is 116 Å². The van der Waals surface area contributed by atoms with Gasteiger partial charge in [0.2, 0.25) is 0 Å². The molecule has 0 bridgehead atoms. The smallest absolute Gasteiger partial charge is 0.122 e. The van der Waals surface area contributed by atoms with Gasteiger partial charge in [-0.05, 0) is 61.9 Å². The minimum atomic E-state index is 0.581. The van der Waals surface area contributed by atoms with Crippen LogP contribution in [-0.2, 0) is 6.42 Å². The van der Waals surface area contributed by atoms with Crippen molar-refractivity contribution >= 4 is 17.2 Å². The molecule has 100 valence electrons. The van der Waals surface area contributed by atoms with Gasteiger partial charge >= 0.3 is 0 Å². The predicted octanol–water partition coefficient (Wildman–Crippen LogP) is 3.62. The number of thiocarbonyl (C=S) groups is 1. The molecule has 0 aliphatic heterocycles. The largest absolute Gasteiger partial charge is 0.493 e. The lowest BCUT2D eigenvalue weighted by Crippen LogP contribution is -2.10. The van der Waals surface area contributed by atoms with Crippen LogP contribution in [0.4, 0.5) is 0 Å². The van der Waals surface area contributed by atoms with Gasteiger partial charge in [0.25, 0.3) is 0 Å². The highest BCUT2D eigenvalue weighted by molar-refractivity contribution is 7.80. The summed E-state index contributed by atoms with van der Waals surface area (Å²) in [4.78, 5) is 0.581. The number of rotatable bonds is 6. The highest BCUT2D eigenvalue weighted by Gasteiger charge is 2.11. The first-order chi connectivity index (χ1) is 8.47. The Balaban J connectivity index is 3.00. The van der Waals surface area contributed by atoms with Crippen molar-refractivity contribution in [2.45, 2.75) is 47.0 Å². The normalized spacial score (nSPS) is 10.4. The van der Waals surface area contributed by atoms with Crippen molar-refractivity contribution in [3.63, 3.8) is 0 Å². The second-order valence-electron chi connectivity index (χ2n) is 4.73. The minimum Gasteiger partial charge on any atom is -0.493 e. The van der Waals surface area contributed by atoms with E-state index in [9.17, 15) is 0 Å². The Morgan fingerprint density at radius 1 is 1.28 bits per heavy atom. The van der Waals surface area contributed by atoms with Gasteiger partial charge in [-0.2, -0.15) is 0 Å². The standard InChI is InChI=1S/C15H23NOS/c1-5-8-17-14-9-10(2)13(6-7-15(16)18)11(3)12(14)4/h9H,5-8H2,1-4H3,(H2,16,18). The van der Waals surface area contributed by atoms with E-state index in [0.717, 1.165) is 31.6 Å². The summed E-state index contributed by atoms with van der Waals surface area (Å²) in [7, 11) is 0. The summed E-state index contributed by atoms with van der Waals surface area (Å²) in [6.07, 6.45) is 2.72. The molecule has 0 radical (unpaired) electrons. The third-order valence-electron chi connectivity index (χ3n) is 3.29. The van der Waals surface area contributed by atoms with Crippen LogP contribution in [0.1, 0.15) is 42.0 Å². The van der Waals surface area contributed by atoms with E-state index >= 15 is 0 Å². The molecule has 0 atom stereocenters. The molecule has 1 aromatic carbocycles. The fraction of sp³-hybridized carbons (Fsp3) is 0.533. The van der Waals surface area contributed by atoms with E-state index in [1.54, 1.807) is 0 Å². The molecular weight excluding hydrogens is 242 g/mol. The lowest BCUT2D eigenvalue weighted by molar-refractivity contribution is 0.315. The summed E-state index contributed by atoms with van der Waals surface area (Å²) in [6, 6.07) is 2.13. The van der Waals surface area contributed by atoms with E-state index in [0.29, 0.717) is 4.99 Å². The molecular formula is C15H23NOS. The quantitative estimate of drug-likeness (QED) is 0.798. The van der Waals surface area contributed by atoms with Crippen molar-refractivity contribution in [3.8, 4) is 5.75 Å². The summed E-state index contributed by atoms with van der Waals surface area (Å²) >= 11 is 4.95. The van der Waals surface area contributed by atoms with Crippen LogP contribution < -0.4 is 10.5 Å². The number of ether oxygens (including phenoxy) is 1. The Morgan fingerprint density at radius 3 is 2.50 bits per heavy atom. The zero-order chi connectivity index (χ0) is 13.7. The molecule has 0 unspecified atom stereocenters. The summed E-state index contributed by atoms with van der Waals surface area (Å²) in [5.74, 6) is 1.01. The highest BCUT2D eigenvalue weighted by atomic mass is 32.1. The monoisotopic (exact) mass is 265 g/mol. The van der Waals surface area contributed by atoms with Gasteiger partial charge in [-0.3, -0.25) is 0 Å². The Hall–Kier alpha value is -1.09. The van der Waals surface area contributed by atoms with Crippen molar-refractivity contribution in [3.05, 3.63) is 28.3 Å². The van der Waals surface area contributed by atoms with E-state index in [4.69, 9.17) is 22.7 Å². The zero-order valence-corrected chi connectivity index (χ0v) is 12.6. The molecule has 0 fully saturated rings. The third-order valence-corrected chi connectivity index (χ3v) is 3.50. The lowest BCUT2D eigenvalue weighted by Gasteiger charge is -2.17. The fourth-order valence-corrected chi connectivity index (χ4v) is 2.20. The van der Waals surface area contributed by atoms with Crippen LogP contribution in [0, 0.1) is 20.8 Å². The zero-order valence-electron chi connectivity index (χ0n) is 11.8. The van der Waals surface area contributed by atoms with Crippen LogP contribution in [0.25, 0.3) is 0 Å². The van der Waals surface area contributed by atoms with Gasteiger partial charge in [-0.1, -0.05) is 19.1 Å². The number of aryl methyl sites for hydroxylation is 1. The first-order valence-electron chi connectivity index (χ1n) is 6.48. The van der Waals surface area contributed by atoms with E-state index < -0.39 is 0 Å². The summed E-state index contributed by atoms with van der Waals surface area (Å²) in [5.41, 5.74) is 10.7. The van der Waals surface area contributed by atoms with E-state index in [1.807, 2.05) is 0 Å². The van der Waals surface area contributed by atoms with Crippen molar-refractivity contribution in [1.82, 2.24) is 0 Å². The van der Waals surface area contributed by atoms with Crippen molar-refractivity contribution in [1.29, 1.82) is 0 Å². The lowest BCUT2D eigenvalue weighted by atomic mass is 9.94. The second kappa shape index (κ2) is 6.74. The van der Waals surface area contributed by atoms with Crippen molar-refractivity contribution < 1.29 is 4.74 Å². The molecule has 0 heterocycles. The third kappa shape index (κ3) is 3.70. The average Bonchev–Trinajstić information content (AvgIpc) is 2.31. The Bertz CT molecular complexity index is 441. The Kier molecular flexibility index (Phi) is 5.60. The summed E-state index contributed by atoms with van der Waals surface area (Å²) in [6.45, 7) is 9.28. The van der Waals surface area contributed by atoms with Crippen LogP contribution in [0.15, 0.2) is 6.07 Å².